The number of anilines is 1. The van der Waals surface area contributed by atoms with Crippen LogP contribution in [0, 0.1) is 0 Å². The fourth-order valence-corrected chi connectivity index (χ4v) is 2.09. The maximum atomic E-state index is 12.2. The van der Waals surface area contributed by atoms with Crippen LogP contribution in [0.15, 0.2) is 24.3 Å². The van der Waals surface area contributed by atoms with Crippen LogP contribution in [0.2, 0.25) is 0 Å². The molecule has 1 fully saturated rings. The third-order valence-corrected chi connectivity index (χ3v) is 3.53. The lowest BCUT2D eigenvalue weighted by molar-refractivity contribution is -0.124. The average Bonchev–Trinajstić information content (AvgIpc) is 2.40. The fourth-order valence-electron chi connectivity index (χ4n) is 2.09. The summed E-state index contributed by atoms with van der Waals surface area (Å²) in [5.74, 6) is -0.149. The number of amides is 1. The smallest absolute Gasteiger partial charge is 0.244 e. The Hall–Kier alpha value is -1.43. The number of carbonyl (C=O) groups is 1. The molecule has 5 N–H and O–H groups in total. The third kappa shape index (κ3) is 3.32. The fraction of sp³-hybridized carbons (Fsp3) is 0.500. The molecule has 5 nitrogen and oxygen atoms in total. The Morgan fingerprint density at radius 3 is 2.42 bits per heavy atom. The van der Waals surface area contributed by atoms with Crippen molar-refractivity contribution in [2.45, 2.75) is 31.3 Å². The Kier molecular flexibility index (Phi) is 4.19. The largest absolute Gasteiger partial charge is 0.381 e. The van der Waals surface area contributed by atoms with E-state index in [-0.39, 0.29) is 11.9 Å². The highest BCUT2D eigenvalue weighted by Gasteiger charge is 2.35. The lowest BCUT2D eigenvalue weighted by Crippen LogP contribution is -2.54. The summed E-state index contributed by atoms with van der Waals surface area (Å²) in [6.45, 7) is 2.99. The summed E-state index contributed by atoms with van der Waals surface area (Å²) >= 11 is 0. The lowest BCUT2D eigenvalue weighted by Gasteiger charge is -2.31. The minimum absolute atomic E-state index is 0.0129. The molecule has 2 rings (SSSR count). The average molecular weight is 263 g/mol. The van der Waals surface area contributed by atoms with Crippen molar-refractivity contribution in [2.75, 3.05) is 18.5 Å². The summed E-state index contributed by atoms with van der Waals surface area (Å²) in [6.07, 6.45) is 1.10. The van der Waals surface area contributed by atoms with Gasteiger partial charge in [-0.15, -0.1) is 0 Å². The molecular weight excluding hydrogens is 242 g/mol. The molecule has 1 saturated heterocycles. The van der Waals surface area contributed by atoms with Crippen LogP contribution in [-0.4, -0.2) is 24.7 Å². The van der Waals surface area contributed by atoms with Crippen molar-refractivity contribution >= 4 is 11.6 Å². The van der Waals surface area contributed by atoms with E-state index in [0.29, 0.717) is 26.1 Å². The molecule has 5 heteroatoms. The molecule has 0 saturated carbocycles. The number of hydrogen-bond acceptors (Lipinski definition) is 4. The standard InChI is InChI=1S/C14H21N3O2/c1-10(15)11-2-4-12(5-3-11)17-13(18)14(16)6-8-19-9-7-14/h2-5,10H,6-9,15-16H2,1H3,(H,17,18). The second-order valence-electron chi connectivity index (χ2n) is 5.13. The van der Waals surface area contributed by atoms with Crippen molar-refractivity contribution in [2.24, 2.45) is 11.5 Å². The van der Waals surface area contributed by atoms with Crippen LogP contribution in [0.5, 0.6) is 0 Å². The first-order valence-electron chi connectivity index (χ1n) is 6.55. The molecule has 1 aliphatic rings. The Bertz CT molecular complexity index is 437. The van der Waals surface area contributed by atoms with Crippen LogP contribution in [0.4, 0.5) is 5.69 Å². The Balaban J connectivity index is 2.02. The first kappa shape index (κ1) is 14.0. The molecule has 0 radical (unpaired) electrons. The highest BCUT2D eigenvalue weighted by Crippen LogP contribution is 2.21. The van der Waals surface area contributed by atoms with Gasteiger partial charge in [0.25, 0.3) is 0 Å². The lowest BCUT2D eigenvalue weighted by atomic mass is 9.90. The number of ether oxygens (including phenoxy) is 1. The molecule has 1 heterocycles. The van der Waals surface area contributed by atoms with E-state index in [2.05, 4.69) is 5.32 Å². The number of nitrogens with one attached hydrogen (secondary N) is 1. The van der Waals surface area contributed by atoms with Gasteiger partial charge in [-0.3, -0.25) is 4.79 Å². The van der Waals surface area contributed by atoms with E-state index in [4.69, 9.17) is 16.2 Å². The molecule has 1 amide bonds. The zero-order valence-corrected chi connectivity index (χ0v) is 11.2. The summed E-state index contributed by atoms with van der Waals surface area (Å²) in [4.78, 5) is 12.2. The monoisotopic (exact) mass is 263 g/mol. The van der Waals surface area contributed by atoms with E-state index < -0.39 is 5.54 Å². The van der Waals surface area contributed by atoms with Crippen LogP contribution in [0.3, 0.4) is 0 Å². The molecular formula is C14H21N3O2. The van der Waals surface area contributed by atoms with E-state index in [1.54, 1.807) is 0 Å². The highest BCUT2D eigenvalue weighted by molar-refractivity contribution is 5.98. The molecule has 19 heavy (non-hydrogen) atoms. The number of rotatable bonds is 3. The summed E-state index contributed by atoms with van der Waals surface area (Å²) in [5.41, 5.74) is 12.9. The maximum Gasteiger partial charge on any atom is 0.244 e. The molecule has 104 valence electrons. The van der Waals surface area contributed by atoms with Crippen LogP contribution in [0.25, 0.3) is 0 Å². The van der Waals surface area contributed by atoms with Crippen LogP contribution in [0.1, 0.15) is 31.4 Å². The van der Waals surface area contributed by atoms with E-state index in [0.717, 1.165) is 11.3 Å². The van der Waals surface area contributed by atoms with E-state index in [1.807, 2.05) is 31.2 Å². The van der Waals surface area contributed by atoms with E-state index >= 15 is 0 Å². The molecule has 0 spiro atoms. The van der Waals surface area contributed by atoms with Gasteiger partial charge in [-0.25, -0.2) is 0 Å². The minimum Gasteiger partial charge on any atom is -0.381 e. The number of carbonyl (C=O) groups excluding carboxylic acids is 1. The number of benzene rings is 1. The summed E-state index contributed by atoms with van der Waals surface area (Å²) in [7, 11) is 0. The van der Waals surface area contributed by atoms with Gasteiger partial charge in [-0.1, -0.05) is 12.1 Å². The quantitative estimate of drug-likeness (QED) is 0.763. The predicted molar refractivity (Wildman–Crippen MR) is 74.6 cm³/mol. The molecule has 0 aromatic heterocycles. The van der Waals surface area contributed by atoms with Gasteiger partial charge in [0.05, 0.1) is 0 Å². The zero-order valence-electron chi connectivity index (χ0n) is 11.2. The molecule has 1 aliphatic heterocycles. The Morgan fingerprint density at radius 2 is 1.89 bits per heavy atom. The summed E-state index contributed by atoms with van der Waals surface area (Å²) in [6, 6.07) is 7.50. The third-order valence-electron chi connectivity index (χ3n) is 3.53. The van der Waals surface area contributed by atoms with Gasteiger partial charge in [0.15, 0.2) is 0 Å². The first-order valence-corrected chi connectivity index (χ1v) is 6.55. The van der Waals surface area contributed by atoms with Gasteiger partial charge in [0.1, 0.15) is 5.54 Å². The number of hydrogen-bond donors (Lipinski definition) is 3. The Morgan fingerprint density at radius 1 is 1.32 bits per heavy atom. The Labute approximate surface area is 113 Å². The molecule has 1 atom stereocenters. The zero-order chi connectivity index (χ0) is 13.9. The van der Waals surface area contributed by atoms with Gasteiger partial charge >= 0.3 is 0 Å². The van der Waals surface area contributed by atoms with Gasteiger partial charge in [-0.05, 0) is 37.5 Å². The van der Waals surface area contributed by atoms with Crippen molar-refractivity contribution in [3.63, 3.8) is 0 Å². The van der Waals surface area contributed by atoms with Gasteiger partial charge in [0, 0.05) is 24.9 Å². The highest BCUT2D eigenvalue weighted by atomic mass is 16.5. The number of nitrogens with two attached hydrogens (primary N) is 2. The van der Waals surface area contributed by atoms with E-state index in [9.17, 15) is 4.79 Å². The topological polar surface area (TPSA) is 90.4 Å². The van der Waals surface area contributed by atoms with Crippen molar-refractivity contribution in [1.82, 2.24) is 0 Å². The van der Waals surface area contributed by atoms with Crippen LogP contribution < -0.4 is 16.8 Å². The summed E-state index contributed by atoms with van der Waals surface area (Å²) < 4.78 is 5.23. The second kappa shape index (κ2) is 5.69. The minimum atomic E-state index is -0.821. The molecule has 1 aromatic carbocycles. The van der Waals surface area contributed by atoms with Crippen molar-refractivity contribution in [3.8, 4) is 0 Å². The van der Waals surface area contributed by atoms with Gasteiger partial charge < -0.3 is 21.5 Å². The summed E-state index contributed by atoms with van der Waals surface area (Å²) in [5, 5.41) is 2.86. The van der Waals surface area contributed by atoms with Crippen molar-refractivity contribution < 1.29 is 9.53 Å². The van der Waals surface area contributed by atoms with Gasteiger partial charge in [0.2, 0.25) is 5.91 Å². The predicted octanol–water partition coefficient (Wildman–Crippen LogP) is 1.15. The van der Waals surface area contributed by atoms with Crippen LogP contribution >= 0.6 is 0 Å². The molecule has 1 unspecified atom stereocenters. The van der Waals surface area contributed by atoms with Gasteiger partial charge in [-0.2, -0.15) is 0 Å². The van der Waals surface area contributed by atoms with Crippen molar-refractivity contribution in [3.05, 3.63) is 29.8 Å². The van der Waals surface area contributed by atoms with E-state index in [1.165, 1.54) is 0 Å². The first-order chi connectivity index (χ1) is 9.01. The normalized spacial score (nSPS) is 19.7. The molecule has 0 bridgehead atoms. The van der Waals surface area contributed by atoms with Crippen molar-refractivity contribution in [1.29, 1.82) is 0 Å². The molecule has 1 aromatic rings. The SMILES string of the molecule is CC(N)c1ccc(NC(=O)C2(N)CCOCC2)cc1. The molecule has 0 aliphatic carbocycles. The second-order valence-corrected chi connectivity index (χ2v) is 5.13. The maximum absolute atomic E-state index is 12.2. The van der Waals surface area contributed by atoms with Crippen LogP contribution in [-0.2, 0) is 9.53 Å².